The van der Waals surface area contributed by atoms with Gasteiger partial charge in [0, 0.05) is 37.3 Å². The maximum atomic E-state index is 12.5. The van der Waals surface area contributed by atoms with Gasteiger partial charge in [0.2, 0.25) is 0 Å². The van der Waals surface area contributed by atoms with Crippen molar-refractivity contribution in [3.63, 3.8) is 0 Å². The third-order valence-electron chi connectivity index (χ3n) is 7.94. The van der Waals surface area contributed by atoms with E-state index in [-0.39, 0.29) is 17.6 Å². The zero-order chi connectivity index (χ0) is 24.9. The van der Waals surface area contributed by atoms with Crippen molar-refractivity contribution in [1.29, 1.82) is 0 Å². The molecule has 1 amide bonds. The minimum atomic E-state index is -0.495. The highest BCUT2D eigenvalue weighted by Gasteiger charge is 2.49. The van der Waals surface area contributed by atoms with Crippen LogP contribution in [-0.2, 0) is 17.7 Å². The second-order valence-electron chi connectivity index (χ2n) is 11.5. The SMILES string of the molecule is CC(C)(C)OC(=O)N[C@@H]1CCC[C@]12CCN(c1cnc3c(n1)CN=C3N1CCCc3ncccc31)C2. The number of carbonyl (C=O) groups is 1. The number of pyridine rings is 1. The minimum absolute atomic E-state index is 0.0593. The number of ether oxygens (including phenoxy) is 1. The summed E-state index contributed by atoms with van der Waals surface area (Å²) in [7, 11) is 0. The van der Waals surface area contributed by atoms with Gasteiger partial charge in [-0.3, -0.25) is 9.98 Å². The van der Waals surface area contributed by atoms with E-state index in [2.05, 4.69) is 26.2 Å². The smallest absolute Gasteiger partial charge is 0.407 e. The van der Waals surface area contributed by atoms with Gasteiger partial charge in [-0.25, -0.2) is 14.8 Å². The number of alkyl carbamates (subject to hydrolysis) is 1. The third-order valence-corrected chi connectivity index (χ3v) is 7.94. The number of amides is 1. The molecule has 2 aromatic heterocycles. The van der Waals surface area contributed by atoms with Crippen LogP contribution in [0.1, 0.15) is 70.0 Å². The maximum Gasteiger partial charge on any atom is 0.407 e. The Kier molecular flexibility index (Phi) is 5.61. The van der Waals surface area contributed by atoms with E-state index in [0.717, 1.165) is 92.6 Å². The summed E-state index contributed by atoms with van der Waals surface area (Å²) in [5.74, 6) is 1.82. The Morgan fingerprint density at radius 1 is 1.17 bits per heavy atom. The Morgan fingerprint density at radius 3 is 2.92 bits per heavy atom. The largest absolute Gasteiger partial charge is 0.444 e. The van der Waals surface area contributed by atoms with Crippen LogP contribution >= 0.6 is 0 Å². The van der Waals surface area contributed by atoms with E-state index in [0.29, 0.717) is 6.54 Å². The first kappa shape index (κ1) is 23.2. The first-order valence-corrected chi connectivity index (χ1v) is 13.2. The van der Waals surface area contributed by atoms with Crippen molar-refractivity contribution in [2.24, 2.45) is 10.4 Å². The number of nitrogens with one attached hydrogen (secondary N) is 1. The van der Waals surface area contributed by atoms with Gasteiger partial charge in [-0.2, -0.15) is 0 Å². The average molecular weight is 490 g/mol. The minimum Gasteiger partial charge on any atom is -0.444 e. The van der Waals surface area contributed by atoms with Crippen molar-refractivity contribution in [2.45, 2.75) is 77.5 Å². The lowest BCUT2D eigenvalue weighted by atomic mass is 9.81. The zero-order valence-electron chi connectivity index (χ0n) is 21.5. The first-order chi connectivity index (χ1) is 17.3. The van der Waals surface area contributed by atoms with Crippen molar-refractivity contribution in [2.75, 3.05) is 29.4 Å². The lowest BCUT2D eigenvalue weighted by Gasteiger charge is -2.33. The van der Waals surface area contributed by atoms with Crippen LogP contribution in [0.2, 0.25) is 0 Å². The summed E-state index contributed by atoms with van der Waals surface area (Å²) in [5, 5.41) is 3.18. The van der Waals surface area contributed by atoms with Crippen LogP contribution in [0.3, 0.4) is 0 Å². The van der Waals surface area contributed by atoms with Crippen molar-refractivity contribution in [1.82, 2.24) is 20.3 Å². The van der Waals surface area contributed by atoms with Gasteiger partial charge in [-0.05, 0) is 65.0 Å². The molecule has 1 saturated carbocycles. The highest BCUT2D eigenvalue weighted by Crippen LogP contribution is 2.46. The Labute approximate surface area is 212 Å². The number of hydrogen-bond acceptors (Lipinski definition) is 8. The molecule has 1 spiro atoms. The van der Waals surface area contributed by atoms with Crippen LogP contribution in [0.4, 0.5) is 16.3 Å². The fourth-order valence-electron chi connectivity index (χ4n) is 6.31. The Balaban J connectivity index is 1.17. The van der Waals surface area contributed by atoms with Gasteiger partial charge >= 0.3 is 6.09 Å². The second kappa shape index (κ2) is 8.71. The number of carbonyl (C=O) groups excluding carboxylic acids is 1. The quantitative estimate of drug-likeness (QED) is 0.684. The topological polar surface area (TPSA) is 95.8 Å². The molecule has 0 bridgehead atoms. The van der Waals surface area contributed by atoms with E-state index in [1.807, 2.05) is 39.2 Å². The number of anilines is 2. The van der Waals surface area contributed by atoms with Gasteiger partial charge in [0.25, 0.3) is 0 Å². The van der Waals surface area contributed by atoms with Crippen LogP contribution in [0.25, 0.3) is 0 Å². The summed E-state index contributed by atoms with van der Waals surface area (Å²) >= 11 is 0. The molecule has 6 rings (SSSR count). The predicted octanol–water partition coefficient (Wildman–Crippen LogP) is 3.86. The molecule has 2 aromatic rings. The number of aliphatic imine (C=N–C) groups is 1. The van der Waals surface area contributed by atoms with Gasteiger partial charge in [0.1, 0.15) is 17.1 Å². The number of amidine groups is 1. The predicted molar refractivity (Wildman–Crippen MR) is 138 cm³/mol. The molecule has 1 aliphatic carbocycles. The van der Waals surface area contributed by atoms with Gasteiger partial charge in [-0.15, -0.1) is 0 Å². The van der Waals surface area contributed by atoms with Crippen molar-refractivity contribution in [3.05, 3.63) is 41.6 Å². The molecular formula is C27H35N7O2. The van der Waals surface area contributed by atoms with E-state index >= 15 is 0 Å². The molecule has 9 nitrogen and oxygen atoms in total. The van der Waals surface area contributed by atoms with E-state index < -0.39 is 5.60 Å². The van der Waals surface area contributed by atoms with Gasteiger partial charge < -0.3 is 19.9 Å². The van der Waals surface area contributed by atoms with Crippen LogP contribution in [-0.4, -0.2) is 58.2 Å². The van der Waals surface area contributed by atoms with Crippen LogP contribution in [0, 0.1) is 5.41 Å². The van der Waals surface area contributed by atoms with Crippen molar-refractivity contribution < 1.29 is 9.53 Å². The molecule has 0 unspecified atom stereocenters. The Morgan fingerprint density at radius 2 is 2.06 bits per heavy atom. The third kappa shape index (κ3) is 4.18. The fraction of sp³-hybridized carbons (Fsp3) is 0.593. The summed E-state index contributed by atoms with van der Waals surface area (Å²) < 4.78 is 5.54. The fourth-order valence-corrected chi connectivity index (χ4v) is 6.31. The van der Waals surface area contributed by atoms with E-state index in [1.54, 1.807) is 0 Å². The molecule has 1 saturated heterocycles. The summed E-state index contributed by atoms with van der Waals surface area (Å²) in [4.78, 5) is 36.4. The van der Waals surface area contributed by atoms with Gasteiger partial charge in [-0.1, -0.05) is 6.42 Å². The van der Waals surface area contributed by atoms with E-state index in [1.165, 1.54) is 0 Å². The zero-order valence-corrected chi connectivity index (χ0v) is 21.5. The van der Waals surface area contributed by atoms with Crippen molar-refractivity contribution in [3.8, 4) is 0 Å². The average Bonchev–Trinajstić information content (AvgIpc) is 3.57. The molecule has 0 aromatic carbocycles. The van der Waals surface area contributed by atoms with Crippen LogP contribution in [0.15, 0.2) is 29.5 Å². The number of rotatable bonds is 2. The number of nitrogens with zero attached hydrogens (tertiary/aromatic N) is 6. The Bertz CT molecular complexity index is 1210. The molecule has 3 aliphatic heterocycles. The number of aromatic nitrogens is 3. The summed E-state index contributed by atoms with van der Waals surface area (Å²) in [6.45, 7) is 8.96. The van der Waals surface area contributed by atoms with Crippen LogP contribution in [0.5, 0.6) is 0 Å². The van der Waals surface area contributed by atoms with Crippen LogP contribution < -0.4 is 15.1 Å². The number of aryl methyl sites for hydroxylation is 1. The summed E-state index contributed by atoms with van der Waals surface area (Å²) in [6.07, 6.45) is 9.75. The molecule has 2 fully saturated rings. The molecule has 0 radical (unpaired) electrons. The molecule has 190 valence electrons. The molecule has 9 heteroatoms. The molecule has 2 atom stereocenters. The standard InChI is InChI=1S/C27H35N7O2/c1-26(2,3)36-25(35)32-21-9-4-10-27(21)11-14-33(17-27)22-16-29-23-19(31-22)15-30-24(23)34-13-6-7-18-20(34)8-5-12-28-18/h5,8,12,16,21H,4,6-7,9-11,13-15,17H2,1-3H3,(H,32,35)/t21-,27-/m1/s1. The molecular weight excluding hydrogens is 454 g/mol. The van der Waals surface area contributed by atoms with Gasteiger partial charge in [0.15, 0.2) is 5.84 Å². The Hall–Kier alpha value is -3.23. The molecule has 5 heterocycles. The van der Waals surface area contributed by atoms with Gasteiger partial charge in [0.05, 0.1) is 29.8 Å². The maximum absolute atomic E-state index is 12.5. The molecule has 36 heavy (non-hydrogen) atoms. The number of hydrogen-bond donors (Lipinski definition) is 1. The second-order valence-corrected chi connectivity index (χ2v) is 11.5. The summed E-state index contributed by atoms with van der Waals surface area (Å²) in [6, 6.07) is 4.23. The highest BCUT2D eigenvalue weighted by atomic mass is 16.6. The van der Waals surface area contributed by atoms with Crippen molar-refractivity contribution >= 4 is 23.4 Å². The summed E-state index contributed by atoms with van der Waals surface area (Å²) in [5.41, 5.74) is 3.64. The normalized spacial score (nSPS) is 25.1. The number of fused-ring (bicyclic) bond motifs is 2. The highest BCUT2D eigenvalue weighted by molar-refractivity contribution is 6.11. The molecule has 4 aliphatic rings. The molecule has 1 N–H and O–H groups in total. The van der Waals surface area contributed by atoms with E-state index in [9.17, 15) is 4.79 Å². The first-order valence-electron chi connectivity index (χ1n) is 13.2. The lowest BCUT2D eigenvalue weighted by molar-refractivity contribution is 0.0467. The lowest BCUT2D eigenvalue weighted by Crippen LogP contribution is -2.47. The monoisotopic (exact) mass is 489 g/mol. The van der Waals surface area contributed by atoms with E-state index in [4.69, 9.17) is 19.7 Å².